The van der Waals surface area contributed by atoms with Crippen molar-refractivity contribution in [1.29, 1.82) is 0 Å². The van der Waals surface area contributed by atoms with Gasteiger partial charge >= 0.3 is 0 Å². The molecule has 0 radical (unpaired) electrons. The van der Waals surface area contributed by atoms with Crippen molar-refractivity contribution in [3.8, 4) is 0 Å². The average molecular weight is 212 g/mol. The lowest BCUT2D eigenvalue weighted by Gasteiger charge is -2.26. The number of rotatable bonds is 4. The van der Waals surface area contributed by atoms with Gasteiger partial charge in [0.05, 0.1) is 0 Å². The van der Waals surface area contributed by atoms with Crippen LogP contribution < -0.4 is 5.32 Å². The number of hydrogen-bond acceptors (Lipinski definition) is 2. The lowest BCUT2D eigenvalue weighted by molar-refractivity contribution is -0.132. The van der Waals surface area contributed by atoms with Gasteiger partial charge in [-0.15, -0.1) is 0 Å². The normalized spacial score (nSPS) is 23.1. The van der Waals surface area contributed by atoms with Crippen molar-refractivity contribution in [3.63, 3.8) is 0 Å². The predicted molar refractivity (Wildman–Crippen MR) is 62.7 cm³/mol. The summed E-state index contributed by atoms with van der Waals surface area (Å²) in [4.78, 5) is 13.9. The SMILES string of the molecule is CC(C)C(C)CC(=O)N(C)C1CCNC1. The molecule has 2 unspecified atom stereocenters. The molecular weight excluding hydrogens is 188 g/mol. The van der Waals surface area contributed by atoms with E-state index >= 15 is 0 Å². The lowest BCUT2D eigenvalue weighted by atomic mass is 9.94. The third kappa shape index (κ3) is 3.49. The number of nitrogens with zero attached hydrogens (tertiary/aromatic N) is 1. The van der Waals surface area contributed by atoms with Crippen LogP contribution in [0.25, 0.3) is 0 Å². The minimum atomic E-state index is 0.296. The first kappa shape index (κ1) is 12.5. The predicted octanol–water partition coefficient (Wildman–Crippen LogP) is 1.49. The molecule has 1 fully saturated rings. The molecule has 3 heteroatoms. The van der Waals surface area contributed by atoms with Gasteiger partial charge in [0, 0.05) is 26.1 Å². The van der Waals surface area contributed by atoms with Crippen LogP contribution in [0.3, 0.4) is 0 Å². The van der Waals surface area contributed by atoms with Crippen LogP contribution >= 0.6 is 0 Å². The van der Waals surface area contributed by atoms with Crippen molar-refractivity contribution < 1.29 is 4.79 Å². The minimum Gasteiger partial charge on any atom is -0.341 e. The van der Waals surface area contributed by atoms with Gasteiger partial charge < -0.3 is 10.2 Å². The fraction of sp³-hybridized carbons (Fsp3) is 0.917. The molecule has 88 valence electrons. The van der Waals surface area contributed by atoms with E-state index in [4.69, 9.17) is 0 Å². The van der Waals surface area contributed by atoms with E-state index in [9.17, 15) is 4.79 Å². The second-order valence-electron chi connectivity index (χ2n) is 5.08. The number of carbonyl (C=O) groups is 1. The van der Waals surface area contributed by atoms with Crippen molar-refractivity contribution >= 4 is 5.91 Å². The van der Waals surface area contributed by atoms with E-state index in [0.29, 0.717) is 30.2 Å². The zero-order chi connectivity index (χ0) is 11.4. The molecule has 1 N–H and O–H groups in total. The zero-order valence-corrected chi connectivity index (χ0v) is 10.4. The van der Waals surface area contributed by atoms with Crippen LogP contribution in [0.15, 0.2) is 0 Å². The Morgan fingerprint density at radius 2 is 2.13 bits per heavy atom. The Balaban J connectivity index is 2.38. The molecule has 0 aromatic rings. The molecule has 0 saturated carbocycles. The highest BCUT2D eigenvalue weighted by Crippen LogP contribution is 2.17. The molecule has 3 nitrogen and oxygen atoms in total. The van der Waals surface area contributed by atoms with Gasteiger partial charge in [0.2, 0.25) is 5.91 Å². The number of nitrogens with one attached hydrogen (secondary N) is 1. The summed E-state index contributed by atoms with van der Waals surface area (Å²) in [6, 6.07) is 0.414. The molecule has 0 spiro atoms. The third-order valence-electron chi connectivity index (χ3n) is 3.61. The van der Waals surface area contributed by atoms with Gasteiger partial charge in [-0.1, -0.05) is 20.8 Å². The van der Waals surface area contributed by atoms with E-state index in [1.165, 1.54) is 0 Å². The van der Waals surface area contributed by atoms with Gasteiger partial charge in [-0.2, -0.15) is 0 Å². The van der Waals surface area contributed by atoms with Crippen LogP contribution in [0.5, 0.6) is 0 Å². The van der Waals surface area contributed by atoms with E-state index < -0.39 is 0 Å². The number of carbonyl (C=O) groups excluding carboxylic acids is 1. The van der Waals surface area contributed by atoms with Crippen molar-refractivity contribution in [2.24, 2.45) is 11.8 Å². The van der Waals surface area contributed by atoms with E-state index in [0.717, 1.165) is 19.5 Å². The Bertz CT molecular complexity index is 210. The Labute approximate surface area is 93.2 Å². The van der Waals surface area contributed by atoms with E-state index in [1.807, 2.05) is 11.9 Å². The highest BCUT2D eigenvalue weighted by Gasteiger charge is 2.24. The second-order valence-corrected chi connectivity index (χ2v) is 5.08. The Hall–Kier alpha value is -0.570. The first-order chi connectivity index (χ1) is 7.02. The van der Waals surface area contributed by atoms with Gasteiger partial charge in [0.15, 0.2) is 0 Å². The van der Waals surface area contributed by atoms with Crippen LogP contribution in [0.2, 0.25) is 0 Å². The molecule has 0 aromatic carbocycles. The van der Waals surface area contributed by atoms with Crippen LogP contribution in [-0.2, 0) is 4.79 Å². The van der Waals surface area contributed by atoms with Crippen LogP contribution in [-0.4, -0.2) is 37.0 Å². The van der Waals surface area contributed by atoms with Crippen molar-refractivity contribution in [2.75, 3.05) is 20.1 Å². The summed E-state index contributed by atoms with van der Waals surface area (Å²) in [7, 11) is 1.94. The monoisotopic (exact) mass is 212 g/mol. The minimum absolute atomic E-state index is 0.296. The summed E-state index contributed by atoms with van der Waals surface area (Å²) in [5.41, 5.74) is 0. The van der Waals surface area contributed by atoms with Gasteiger partial charge in [-0.05, 0) is 24.8 Å². The summed E-state index contributed by atoms with van der Waals surface area (Å²) < 4.78 is 0. The molecule has 1 amide bonds. The van der Waals surface area contributed by atoms with E-state index in [1.54, 1.807) is 0 Å². The topological polar surface area (TPSA) is 32.3 Å². The smallest absolute Gasteiger partial charge is 0.222 e. The Morgan fingerprint density at radius 3 is 2.60 bits per heavy atom. The van der Waals surface area contributed by atoms with Crippen LogP contribution in [0, 0.1) is 11.8 Å². The number of likely N-dealkylation sites (N-methyl/N-ethyl adjacent to an activating group) is 1. The molecule has 1 saturated heterocycles. The maximum atomic E-state index is 11.9. The van der Waals surface area contributed by atoms with Gasteiger partial charge in [0.1, 0.15) is 0 Å². The molecular formula is C12H24N2O. The fourth-order valence-electron chi connectivity index (χ4n) is 1.83. The molecule has 0 aromatic heterocycles. The number of amides is 1. The molecule has 1 rings (SSSR count). The Kier molecular flexibility index (Phi) is 4.58. The summed E-state index contributed by atoms with van der Waals surface area (Å²) in [6.07, 6.45) is 1.78. The summed E-state index contributed by atoms with van der Waals surface area (Å²) in [5.74, 6) is 1.36. The average Bonchev–Trinajstić information content (AvgIpc) is 2.68. The molecule has 1 heterocycles. The Morgan fingerprint density at radius 1 is 1.47 bits per heavy atom. The van der Waals surface area contributed by atoms with Crippen LogP contribution in [0.4, 0.5) is 0 Å². The maximum absolute atomic E-state index is 11.9. The lowest BCUT2D eigenvalue weighted by Crippen LogP contribution is -2.39. The van der Waals surface area contributed by atoms with Crippen molar-refractivity contribution in [3.05, 3.63) is 0 Å². The van der Waals surface area contributed by atoms with Crippen LogP contribution in [0.1, 0.15) is 33.6 Å². The summed E-state index contributed by atoms with van der Waals surface area (Å²) in [5, 5.41) is 3.29. The number of hydrogen-bond donors (Lipinski definition) is 1. The highest BCUT2D eigenvalue weighted by atomic mass is 16.2. The van der Waals surface area contributed by atoms with E-state index in [-0.39, 0.29) is 0 Å². The van der Waals surface area contributed by atoms with E-state index in [2.05, 4.69) is 26.1 Å². The summed E-state index contributed by atoms with van der Waals surface area (Å²) >= 11 is 0. The third-order valence-corrected chi connectivity index (χ3v) is 3.61. The van der Waals surface area contributed by atoms with Gasteiger partial charge in [-0.3, -0.25) is 4.79 Å². The molecule has 15 heavy (non-hydrogen) atoms. The first-order valence-corrected chi connectivity index (χ1v) is 5.98. The molecule has 0 aliphatic carbocycles. The standard InChI is InChI=1S/C12H24N2O/c1-9(2)10(3)7-12(15)14(4)11-5-6-13-8-11/h9-11,13H,5-8H2,1-4H3. The second kappa shape index (κ2) is 5.50. The first-order valence-electron chi connectivity index (χ1n) is 5.98. The molecule has 1 aliphatic heterocycles. The quantitative estimate of drug-likeness (QED) is 0.765. The maximum Gasteiger partial charge on any atom is 0.222 e. The molecule has 0 bridgehead atoms. The van der Waals surface area contributed by atoms with Gasteiger partial charge in [-0.25, -0.2) is 0 Å². The molecule has 2 atom stereocenters. The van der Waals surface area contributed by atoms with Crippen molar-refractivity contribution in [1.82, 2.24) is 10.2 Å². The summed E-state index contributed by atoms with van der Waals surface area (Å²) in [6.45, 7) is 8.51. The van der Waals surface area contributed by atoms with Gasteiger partial charge in [0.25, 0.3) is 0 Å². The largest absolute Gasteiger partial charge is 0.341 e. The zero-order valence-electron chi connectivity index (χ0n) is 10.4. The molecule has 1 aliphatic rings. The highest BCUT2D eigenvalue weighted by molar-refractivity contribution is 5.76. The van der Waals surface area contributed by atoms with Crippen molar-refractivity contribution in [2.45, 2.75) is 39.7 Å². The fourth-order valence-corrected chi connectivity index (χ4v) is 1.83.